The molecule has 1 aliphatic heterocycles. The molecular weight excluding hydrogens is 683 g/mol. The van der Waals surface area contributed by atoms with Gasteiger partial charge in [-0.15, -0.1) is 11.3 Å². The molecule has 0 fully saturated rings. The Bertz CT molecular complexity index is 2970. The molecule has 11 rings (SSSR count). The zero-order chi connectivity index (χ0) is 37.8. The maximum atomic E-state index is 3.93. The number of H-pyrrole nitrogens is 1. The lowest BCUT2D eigenvalue weighted by Gasteiger charge is -2.44. The Balaban J connectivity index is 1.22. The van der Waals surface area contributed by atoms with E-state index in [1.54, 1.807) is 0 Å². The normalized spacial score (nSPS) is 17.1. The van der Waals surface area contributed by atoms with Gasteiger partial charge in [-0.3, -0.25) is 0 Å². The van der Waals surface area contributed by atoms with Crippen molar-refractivity contribution in [3.8, 4) is 22.3 Å². The number of aromatic nitrogens is 1. The third-order valence-electron chi connectivity index (χ3n) is 13.7. The van der Waals surface area contributed by atoms with Crippen LogP contribution in [0.25, 0.3) is 53.5 Å². The van der Waals surface area contributed by atoms with Crippen LogP contribution in [0.5, 0.6) is 0 Å². The smallest absolute Gasteiger partial charge is 0.197 e. The van der Waals surface area contributed by atoms with Gasteiger partial charge < -0.3 is 9.88 Å². The largest absolute Gasteiger partial charge is 0.346 e. The molecule has 269 valence electrons. The summed E-state index contributed by atoms with van der Waals surface area (Å²) in [4.78, 5) is 7.86. The van der Waals surface area contributed by atoms with Crippen molar-refractivity contribution in [3.05, 3.63) is 137 Å². The predicted molar refractivity (Wildman–Crippen MR) is 239 cm³/mol. The number of nitrogens with one attached hydrogen (secondary N) is 1. The van der Waals surface area contributed by atoms with E-state index in [4.69, 9.17) is 0 Å². The molecule has 2 nitrogen and oxygen atoms in total. The number of benzene rings is 6. The topological polar surface area (TPSA) is 19.0 Å². The molecular formula is C51H46BN2S. The van der Waals surface area contributed by atoms with Crippen molar-refractivity contribution in [2.75, 3.05) is 4.90 Å². The summed E-state index contributed by atoms with van der Waals surface area (Å²) in [6, 6.07) is 39.5. The average molecular weight is 730 g/mol. The summed E-state index contributed by atoms with van der Waals surface area (Å²) in [6.07, 6.45) is 2.39. The molecule has 6 aromatic carbocycles. The minimum Gasteiger partial charge on any atom is -0.346 e. The molecule has 1 radical (unpaired) electrons. The van der Waals surface area contributed by atoms with Crippen LogP contribution in [0, 0.1) is 13.8 Å². The van der Waals surface area contributed by atoms with Gasteiger partial charge in [0.05, 0.1) is 5.52 Å². The number of thiophene rings is 1. The SMILES string of the molecule is Cc1cc(-c2cccc3c2[nH]c2sc4ccccc4c23)c2c(c1)N(c1cc3c(cc1C)C(C)(C)CCC3(C)C)c1c(ccc3c1C(C)(C)c1ccccc1-3)[B]2. The highest BCUT2D eigenvalue weighted by Gasteiger charge is 2.43. The summed E-state index contributed by atoms with van der Waals surface area (Å²) in [5, 5.41) is 3.96. The number of hydrogen-bond donors (Lipinski definition) is 1. The van der Waals surface area contributed by atoms with E-state index < -0.39 is 0 Å². The first-order valence-corrected chi connectivity index (χ1v) is 20.8. The highest BCUT2D eigenvalue weighted by Crippen LogP contribution is 2.56. The number of nitrogens with zero attached hydrogens (tertiary/aromatic N) is 1. The molecule has 0 saturated carbocycles. The lowest BCUT2D eigenvalue weighted by atomic mass is 9.56. The van der Waals surface area contributed by atoms with Crippen LogP contribution in [-0.4, -0.2) is 12.3 Å². The Morgan fingerprint density at radius 1 is 0.636 bits per heavy atom. The van der Waals surface area contributed by atoms with Crippen LogP contribution in [0.3, 0.4) is 0 Å². The van der Waals surface area contributed by atoms with Crippen LogP contribution in [0.1, 0.15) is 87.8 Å². The van der Waals surface area contributed by atoms with E-state index in [9.17, 15) is 0 Å². The van der Waals surface area contributed by atoms with Crippen LogP contribution in [-0.2, 0) is 16.2 Å². The van der Waals surface area contributed by atoms with Gasteiger partial charge in [-0.1, -0.05) is 132 Å². The van der Waals surface area contributed by atoms with Crippen molar-refractivity contribution in [1.29, 1.82) is 0 Å². The third kappa shape index (κ3) is 4.49. The van der Waals surface area contributed by atoms with E-state index in [-0.39, 0.29) is 16.2 Å². The van der Waals surface area contributed by atoms with E-state index in [2.05, 4.69) is 176 Å². The quantitative estimate of drug-likeness (QED) is 0.176. The lowest BCUT2D eigenvalue weighted by molar-refractivity contribution is 0.332. The van der Waals surface area contributed by atoms with E-state index in [0.29, 0.717) is 0 Å². The summed E-state index contributed by atoms with van der Waals surface area (Å²) in [5.74, 6) is 0. The van der Waals surface area contributed by atoms with Crippen molar-refractivity contribution < 1.29 is 0 Å². The maximum Gasteiger partial charge on any atom is 0.197 e. The van der Waals surface area contributed by atoms with Gasteiger partial charge >= 0.3 is 0 Å². The molecule has 0 unspecified atom stereocenters. The van der Waals surface area contributed by atoms with Crippen LogP contribution in [0.2, 0.25) is 0 Å². The second kappa shape index (κ2) is 11.0. The number of fused-ring (bicyclic) bond motifs is 12. The molecule has 2 aliphatic carbocycles. The van der Waals surface area contributed by atoms with Gasteiger partial charge in [0.15, 0.2) is 7.28 Å². The van der Waals surface area contributed by atoms with E-state index >= 15 is 0 Å². The van der Waals surface area contributed by atoms with Crippen LogP contribution >= 0.6 is 11.3 Å². The number of rotatable bonds is 2. The van der Waals surface area contributed by atoms with E-state index in [0.717, 1.165) is 0 Å². The molecule has 0 saturated heterocycles. The molecule has 1 N–H and O–H groups in total. The van der Waals surface area contributed by atoms with Crippen LogP contribution in [0.15, 0.2) is 103 Å². The highest BCUT2D eigenvalue weighted by molar-refractivity contribution is 7.25. The third-order valence-corrected chi connectivity index (χ3v) is 14.7. The second-order valence-electron chi connectivity index (χ2n) is 18.4. The molecule has 0 atom stereocenters. The second-order valence-corrected chi connectivity index (χ2v) is 19.5. The summed E-state index contributed by atoms with van der Waals surface area (Å²) >= 11 is 1.86. The molecule has 0 bridgehead atoms. The van der Waals surface area contributed by atoms with Gasteiger partial charge in [-0.05, 0) is 111 Å². The van der Waals surface area contributed by atoms with E-state index in [1.807, 2.05) is 11.3 Å². The Kier molecular flexibility index (Phi) is 6.68. The Hall–Kier alpha value is -5.06. The standard InChI is InChI=1S/C51H46BN2S/c1-28-24-35(32-16-13-17-34-43-33-15-10-12-19-42(33)55-48(43)53-46(32)34)45-41(25-28)54(40-27-38-37(26-29(40)2)49(3,4)22-23-50(38,5)6)47-39(52-45)21-20-31-30-14-9-11-18-36(30)51(7,8)44(31)47/h9-21,24-27,53H,22-23H2,1-8H3. The Labute approximate surface area is 329 Å². The zero-order valence-electron chi connectivity index (χ0n) is 33.2. The maximum absolute atomic E-state index is 3.93. The molecule has 3 heterocycles. The number of para-hydroxylation sites is 1. The average Bonchev–Trinajstić information content (AvgIpc) is 3.78. The molecule has 55 heavy (non-hydrogen) atoms. The Morgan fingerprint density at radius 3 is 2.16 bits per heavy atom. The predicted octanol–water partition coefficient (Wildman–Crippen LogP) is 12.9. The Morgan fingerprint density at radius 2 is 1.35 bits per heavy atom. The number of aryl methyl sites for hydroxylation is 2. The van der Waals surface area contributed by atoms with Crippen molar-refractivity contribution in [3.63, 3.8) is 0 Å². The van der Waals surface area contributed by atoms with Gasteiger partial charge in [-0.25, -0.2) is 0 Å². The fourth-order valence-electron chi connectivity index (χ4n) is 10.7. The summed E-state index contributed by atoms with van der Waals surface area (Å²) in [5.41, 5.74) is 21.4. The zero-order valence-corrected chi connectivity index (χ0v) is 34.0. The molecule has 0 amide bonds. The summed E-state index contributed by atoms with van der Waals surface area (Å²) < 4.78 is 1.33. The first-order valence-electron chi connectivity index (χ1n) is 20.0. The van der Waals surface area contributed by atoms with Crippen molar-refractivity contribution in [2.45, 2.75) is 84.5 Å². The molecule has 3 aliphatic rings. The molecule has 2 aromatic heterocycles. The fourth-order valence-corrected chi connectivity index (χ4v) is 11.8. The van der Waals surface area contributed by atoms with Crippen molar-refractivity contribution in [2.24, 2.45) is 0 Å². The summed E-state index contributed by atoms with van der Waals surface area (Å²) in [6.45, 7) is 19.3. The molecule has 0 spiro atoms. The number of anilines is 3. The monoisotopic (exact) mass is 729 g/mol. The molecule has 8 aromatic rings. The fraction of sp³-hybridized carbons (Fsp3) is 0.255. The van der Waals surface area contributed by atoms with Gasteiger partial charge in [-0.2, -0.15) is 0 Å². The number of hydrogen-bond acceptors (Lipinski definition) is 2. The highest BCUT2D eigenvalue weighted by atomic mass is 32.1. The van der Waals surface area contributed by atoms with Crippen molar-refractivity contribution >= 4 is 77.8 Å². The minimum atomic E-state index is -0.165. The van der Waals surface area contributed by atoms with Crippen molar-refractivity contribution in [1.82, 2.24) is 4.98 Å². The first-order chi connectivity index (χ1) is 26.3. The van der Waals surface area contributed by atoms with Gasteiger partial charge in [0.25, 0.3) is 0 Å². The summed E-state index contributed by atoms with van der Waals surface area (Å²) in [7, 11) is 2.50. The molecule has 4 heteroatoms. The minimum absolute atomic E-state index is 0.0904. The number of aromatic amines is 1. The van der Waals surface area contributed by atoms with Crippen LogP contribution < -0.4 is 15.8 Å². The van der Waals surface area contributed by atoms with Gasteiger partial charge in [0.1, 0.15) is 4.83 Å². The van der Waals surface area contributed by atoms with E-state index in [1.165, 1.54) is 128 Å². The lowest BCUT2D eigenvalue weighted by Crippen LogP contribution is -2.43. The van der Waals surface area contributed by atoms with Gasteiger partial charge in [0.2, 0.25) is 0 Å². The van der Waals surface area contributed by atoms with Crippen LogP contribution in [0.4, 0.5) is 17.1 Å². The van der Waals surface area contributed by atoms with Gasteiger partial charge in [0, 0.05) is 48.9 Å². The first kappa shape index (κ1) is 33.3.